The molecule has 41 heavy (non-hydrogen) atoms. The summed E-state index contributed by atoms with van der Waals surface area (Å²) in [5, 5.41) is 9.65. The van der Waals surface area contributed by atoms with Crippen molar-refractivity contribution in [2.75, 3.05) is 19.8 Å². The lowest BCUT2D eigenvalue weighted by atomic mass is 9.87. The van der Waals surface area contributed by atoms with Gasteiger partial charge in [0.1, 0.15) is 12.1 Å². The molecule has 0 amide bonds. The first-order chi connectivity index (χ1) is 19.6. The van der Waals surface area contributed by atoms with Crippen LogP contribution in [0.4, 0.5) is 14.4 Å². The third kappa shape index (κ3) is 14.6. The number of aliphatic carboxylic acids is 1. The van der Waals surface area contributed by atoms with Gasteiger partial charge in [-0.05, 0) is 50.3 Å². The number of carbonyl (C=O) groups excluding carboxylic acids is 3. The lowest BCUT2D eigenvalue weighted by Gasteiger charge is -2.25. The SMILES string of the molecule is CCCCCOC(=O)Oc1ccc(C(CC(C)OC(=O)OCCCC)[C@H](N)C(=O)O)cc1OC(=O)OCCCCC. The molecule has 12 nitrogen and oxygen atoms in total. The van der Waals surface area contributed by atoms with Crippen LogP contribution in [0.15, 0.2) is 18.2 Å². The van der Waals surface area contributed by atoms with Crippen molar-refractivity contribution in [1.82, 2.24) is 0 Å². The Balaban J connectivity index is 3.18. The summed E-state index contributed by atoms with van der Waals surface area (Å²) in [5.74, 6) is -2.50. The third-order valence-electron chi connectivity index (χ3n) is 6.04. The second-order valence-electron chi connectivity index (χ2n) is 9.61. The first-order valence-corrected chi connectivity index (χ1v) is 14.3. The average Bonchev–Trinajstić information content (AvgIpc) is 2.93. The molecule has 12 heteroatoms. The molecule has 0 aliphatic rings. The summed E-state index contributed by atoms with van der Waals surface area (Å²) < 4.78 is 31.1. The van der Waals surface area contributed by atoms with E-state index in [-0.39, 0.29) is 37.7 Å². The fourth-order valence-electron chi connectivity index (χ4n) is 3.74. The van der Waals surface area contributed by atoms with E-state index >= 15 is 0 Å². The van der Waals surface area contributed by atoms with Gasteiger partial charge in [-0.15, -0.1) is 0 Å². The summed E-state index contributed by atoms with van der Waals surface area (Å²) in [6.07, 6.45) is 2.82. The van der Waals surface area contributed by atoms with Gasteiger partial charge >= 0.3 is 24.4 Å². The zero-order valence-electron chi connectivity index (χ0n) is 24.6. The van der Waals surface area contributed by atoms with E-state index in [1.165, 1.54) is 18.2 Å². The number of carboxylic acid groups (broad SMARTS) is 1. The summed E-state index contributed by atoms with van der Waals surface area (Å²) in [4.78, 5) is 48.4. The average molecular weight is 584 g/mol. The number of unbranched alkanes of at least 4 members (excludes halogenated alkanes) is 5. The van der Waals surface area contributed by atoms with Gasteiger partial charge in [-0.25, -0.2) is 14.4 Å². The number of rotatable bonds is 19. The van der Waals surface area contributed by atoms with E-state index in [1.807, 2.05) is 20.8 Å². The molecule has 0 saturated carbocycles. The number of benzene rings is 1. The standard InChI is InChI=1S/C29H45NO11/c1-5-8-11-16-37-28(34)40-23-14-13-21(19-24(23)41-29(35)38-17-12-9-6-2)22(25(30)26(31)32)18-20(4)39-27(33)36-15-10-7-3/h13-14,19-20,22,25H,5-12,15-18,30H2,1-4H3,(H,31,32)/t20?,22?,25-/m0/s1. The van der Waals surface area contributed by atoms with Gasteiger partial charge in [0.05, 0.1) is 19.8 Å². The van der Waals surface area contributed by atoms with Crippen molar-refractivity contribution < 1.29 is 52.7 Å². The molecule has 0 fully saturated rings. The topological polar surface area (TPSA) is 170 Å². The highest BCUT2D eigenvalue weighted by molar-refractivity contribution is 5.75. The molecule has 232 valence electrons. The second-order valence-corrected chi connectivity index (χ2v) is 9.61. The first-order valence-electron chi connectivity index (χ1n) is 14.3. The Bertz CT molecular complexity index is 953. The van der Waals surface area contributed by atoms with Crippen molar-refractivity contribution in [2.24, 2.45) is 5.73 Å². The summed E-state index contributed by atoms with van der Waals surface area (Å²) in [6.45, 7) is 8.06. The Hall–Kier alpha value is -3.54. The van der Waals surface area contributed by atoms with E-state index in [1.54, 1.807) is 6.92 Å². The van der Waals surface area contributed by atoms with Crippen LogP contribution in [0.2, 0.25) is 0 Å². The smallest absolute Gasteiger partial charge is 0.480 e. The lowest BCUT2D eigenvalue weighted by molar-refractivity contribution is -0.139. The van der Waals surface area contributed by atoms with Gasteiger partial charge in [0.25, 0.3) is 0 Å². The lowest BCUT2D eigenvalue weighted by Crippen LogP contribution is -2.38. The van der Waals surface area contributed by atoms with Gasteiger partial charge in [-0.1, -0.05) is 58.9 Å². The van der Waals surface area contributed by atoms with Gasteiger partial charge in [-0.2, -0.15) is 0 Å². The van der Waals surface area contributed by atoms with E-state index in [4.69, 9.17) is 34.2 Å². The Kier molecular flexibility index (Phi) is 17.6. The fraction of sp³-hybridized carbons (Fsp3) is 0.655. The number of hydrogen-bond donors (Lipinski definition) is 2. The van der Waals surface area contributed by atoms with Crippen LogP contribution in [0.25, 0.3) is 0 Å². The Morgan fingerprint density at radius 2 is 1.27 bits per heavy atom. The number of carboxylic acids is 1. The van der Waals surface area contributed by atoms with Crippen LogP contribution in [0.5, 0.6) is 11.5 Å². The minimum Gasteiger partial charge on any atom is -0.480 e. The summed E-state index contributed by atoms with van der Waals surface area (Å²) in [5.41, 5.74) is 6.34. The van der Waals surface area contributed by atoms with Crippen LogP contribution in [-0.4, -0.2) is 61.5 Å². The molecule has 0 aliphatic carbocycles. The van der Waals surface area contributed by atoms with E-state index in [0.717, 1.165) is 32.1 Å². The first kappa shape index (κ1) is 35.5. The van der Waals surface area contributed by atoms with Crippen LogP contribution in [0.3, 0.4) is 0 Å². The minimum atomic E-state index is -1.40. The molecular weight excluding hydrogens is 538 g/mol. The van der Waals surface area contributed by atoms with Crippen LogP contribution >= 0.6 is 0 Å². The fourth-order valence-corrected chi connectivity index (χ4v) is 3.74. The highest BCUT2D eigenvalue weighted by Crippen LogP contribution is 2.35. The Morgan fingerprint density at radius 1 is 0.756 bits per heavy atom. The maximum atomic E-state index is 12.4. The molecule has 1 rings (SSSR count). The number of carbonyl (C=O) groups is 4. The molecule has 0 heterocycles. The van der Waals surface area contributed by atoms with Gasteiger partial charge in [0.2, 0.25) is 0 Å². The van der Waals surface area contributed by atoms with Crippen LogP contribution in [0.1, 0.15) is 97.0 Å². The van der Waals surface area contributed by atoms with Gasteiger partial charge in [0, 0.05) is 5.92 Å². The summed E-state index contributed by atoms with van der Waals surface area (Å²) in [7, 11) is 0. The zero-order chi connectivity index (χ0) is 30.6. The van der Waals surface area contributed by atoms with Crippen molar-refractivity contribution >= 4 is 24.4 Å². The van der Waals surface area contributed by atoms with E-state index in [2.05, 4.69) is 0 Å². The maximum absolute atomic E-state index is 12.4. The zero-order valence-corrected chi connectivity index (χ0v) is 24.6. The van der Waals surface area contributed by atoms with E-state index < -0.39 is 42.5 Å². The summed E-state index contributed by atoms with van der Waals surface area (Å²) >= 11 is 0. The van der Waals surface area contributed by atoms with Crippen molar-refractivity contribution in [3.63, 3.8) is 0 Å². The number of hydrogen-bond acceptors (Lipinski definition) is 11. The normalized spacial score (nSPS) is 12.9. The highest BCUT2D eigenvalue weighted by atomic mass is 16.7. The van der Waals surface area contributed by atoms with Crippen molar-refractivity contribution in [3.8, 4) is 11.5 Å². The quantitative estimate of drug-likeness (QED) is 0.0804. The monoisotopic (exact) mass is 583 g/mol. The summed E-state index contributed by atoms with van der Waals surface area (Å²) in [6, 6.07) is 2.77. The van der Waals surface area contributed by atoms with Crippen molar-refractivity contribution in [2.45, 2.75) is 104 Å². The highest BCUT2D eigenvalue weighted by Gasteiger charge is 2.30. The van der Waals surface area contributed by atoms with E-state index in [9.17, 15) is 24.3 Å². The van der Waals surface area contributed by atoms with Crippen molar-refractivity contribution in [3.05, 3.63) is 23.8 Å². The van der Waals surface area contributed by atoms with Crippen molar-refractivity contribution in [1.29, 1.82) is 0 Å². The van der Waals surface area contributed by atoms with Gasteiger partial charge in [-0.3, -0.25) is 4.79 Å². The second kappa shape index (κ2) is 20.4. The molecule has 0 bridgehead atoms. The number of nitrogens with two attached hydrogens (primary N) is 1. The molecule has 1 aromatic carbocycles. The molecular formula is C29H45NO11. The molecule has 0 aliphatic heterocycles. The Labute approximate surface area is 241 Å². The Morgan fingerprint density at radius 3 is 1.80 bits per heavy atom. The predicted molar refractivity (Wildman–Crippen MR) is 149 cm³/mol. The van der Waals surface area contributed by atoms with Crippen LogP contribution < -0.4 is 15.2 Å². The largest absolute Gasteiger partial charge is 0.513 e. The molecule has 0 saturated heterocycles. The number of ether oxygens (including phenoxy) is 6. The van der Waals surface area contributed by atoms with Crippen LogP contribution in [-0.2, 0) is 23.7 Å². The maximum Gasteiger partial charge on any atom is 0.513 e. The predicted octanol–water partition coefficient (Wildman–Crippen LogP) is 6.33. The molecule has 0 spiro atoms. The molecule has 2 unspecified atom stereocenters. The molecule has 1 aromatic rings. The molecule has 3 N–H and O–H groups in total. The van der Waals surface area contributed by atoms with Gasteiger partial charge in [0.15, 0.2) is 11.5 Å². The van der Waals surface area contributed by atoms with E-state index in [0.29, 0.717) is 24.8 Å². The molecule has 0 radical (unpaired) electrons. The van der Waals surface area contributed by atoms with Gasteiger partial charge < -0.3 is 39.3 Å². The molecule has 3 atom stereocenters. The third-order valence-corrected chi connectivity index (χ3v) is 6.04. The minimum absolute atomic E-state index is 0.0108. The molecule has 0 aromatic heterocycles. The van der Waals surface area contributed by atoms with Crippen LogP contribution in [0, 0.1) is 0 Å².